The molecule has 5 aromatic rings. The fraction of sp³-hybridized carbons (Fsp3) is 0.125. The van der Waals surface area contributed by atoms with Crippen LogP contribution in [0.3, 0.4) is 0 Å². The van der Waals surface area contributed by atoms with E-state index in [-0.39, 0.29) is 11.7 Å². The quantitative estimate of drug-likeness (QED) is 0.399. The molecule has 33 heavy (non-hydrogen) atoms. The van der Waals surface area contributed by atoms with Crippen molar-refractivity contribution in [2.45, 2.75) is 19.0 Å². The zero-order valence-corrected chi connectivity index (χ0v) is 18.8. The average Bonchev–Trinajstić information content (AvgIpc) is 3.43. The summed E-state index contributed by atoms with van der Waals surface area (Å²) in [6.45, 7) is 4.14. The van der Waals surface area contributed by atoms with Crippen molar-refractivity contribution in [3.63, 3.8) is 0 Å². The molecule has 0 bridgehead atoms. The van der Waals surface area contributed by atoms with Gasteiger partial charge in [0.05, 0.1) is 23.1 Å². The lowest BCUT2D eigenvalue weighted by Gasteiger charge is -2.04. The number of nitriles is 1. The standard InChI is InChI=1S/C24H19N7OS/c1-15-3-4-16(2)19(11-15)20-12-21-23-27-28-24(30(23)9-10-31(21)29-20)33-14-22(32)26-18-7-5-17(13-25)6-8-18/h3-12H,14H2,1-2H3,(H,26,32). The fourth-order valence-electron chi connectivity index (χ4n) is 3.59. The second-order valence-electron chi connectivity index (χ2n) is 7.68. The normalized spacial score (nSPS) is 11.1. The van der Waals surface area contributed by atoms with Gasteiger partial charge in [-0.25, -0.2) is 4.52 Å². The number of nitrogens with one attached hydrogen (secondary N) is 1. The Kier molecular flexibility index (Phi) is 5.28. The number of hydrogen-bond acceptors (Lipinski definition) is 6. The summed E-state index contributed by atoms with van der Waals surface area (Å²) in [5, 5.41) is 25.7. The first kappa shape index (κ1) is 20.7. The molecule has 162 valence electrons. The van der Waals surface area contributed by atoms with E-state index in [9.17, 15) is 4.79 Å². The number of carbonyl (C=O) groups is 1. The monoisotopic (exact) mass is 453 g/mol. The van der Waals surface area contributed by atoms with Gasteiger partial charge in [0.25, 0.3) is 0 Å². The second kappa shape index (κ2) is 8.41. The van der Waals surface area contributed by atoms with Crippen LogP contribution in [-0.4, -0.2) is 35.9 Å². The predicted molar refractivity (Wildman–Crippen MR) is 127 cm³/mol. The van der Waals surface area contributed by atoms with E-state index in [1.54, 1.807) is 28.8 Å². The summed E-state index contributed by atoms with van der Waals surface area (Å²) in [5.74, 6) is 0.0167. The van der Waals surface area contributed by atoms with E-state index in [0.29, 0.717) is 22.1 Å². The Morgan fingerprint density at radius 1 is 1.09 bits per heavy atom. The van der Waals surface area contributed by atoms with Gasteiger partial charge in [0.1, 0.15) is 5.52 Å². The van der Waals surface area contributed by atoms with Gasteiger partial charge in [-0.3, -0.25) is 9.20 Å². The zero-order chi connectivity index (χ0) is 22.9. The Morgan fingerprint density at radius 2 is 1.91 bits per heavy atom. The smallest absolute Gasteiger partial charge is 0.234 e. The van der Waals surface area contributed by atoms with E-state index in [0.717, 1.165) is 22.3 Å². The molecule has 0 atom stereocenters. The predicted octanol–water partition coefficient (Wildman–Crippen LogP) is 4.26. The van der Waals surface area contributed by atoms with Crippen molar-refractivity contribution in [1.82, 2.24) is 24.2 Å². The first-order valence-corrected chi connectivity index (χ1v) is 11.2. The van der Waals surface area contributed by atoms with Crippen molar-refractivity contribution in [2.24, 2.45) is 0 Å². The maximum absolute atomic E-state index is 12.4. The van der Waals surface area contributed by atoms with Gasteiger partial charge >= 0.3 is 0 Å². The van der Waals surface area contributed by atoms with Crippen LogP contribution in [0, 0.1) is 25.2 Å². The van der Waals surface area contributed by atoms with Crippen molar-refractivity contribution in [2.75, 3.05) is 11.1 Å². The molecule has 2 aromatic carbocycles. The summed E-state index contributed by atoms with van der Waals surface area (Å²) in [5.41, 5.74) is 7.01. The van der Waals surface area contributed by atoms with Gasteiger partial charge in [-0.15, -0.1) is 10.2 Å². The van der Waals surface area contributed by atoms with Crippen LogP contribution in [0.4, 0.5) is 5.69 Å². The minimum Gasteiger partial charge on any atom is -0.325 e. The molecule has 0 aliphatic heterocycles. The van der Waals surface area contributed by atoms with Gasteiger partial charge in [0.2, 0.25) is 5.91 Å². The molecule has 0 aliphatic rings. The van der Waals surface area contributed by atoms with Gasteiger partial charge in [-0.2, -0.15) is 10.4 Å². The molecule has 1 amide bonds. The first-order chi connectivity index (χ1) is 16.0. The number of amides is 1. The molecule has 3 aromatic heterocycles. The van der Waals surface area contributed by atoms with Gasteiger partial charge in [0, 0.05) is 23.6 Å². The van der Waals surface area contributed by atoms with Crippen molar-refractivity contribution in [1.29, 1.82) is 5.26 Å². The highest BCUT2D eigenvalue weighted by Crippen LogP contribution is 2.27. The van der Waals surface area contributed by atoms with Crippen molar-refractivity contribution < 1.29 is 4.79 Å². The van der Waals surface area contributed by atoms with E-state index >= 15 is 0 Å². The molecule has 0 aliphatic carbocycles. The first-order valence-electron chi connectivity index (χ1n) is 10.3. The van der Waals surface area contributed by atoms with Gasteiger partial charge in [-0.1, -0.05) is 29.5 Å². The molecular weight excluding hydrogens is 434 g/mol. The maximum Gasteiger partial charge on any atom is 0.234 e. The van der Waals surface area contributed by atoms with Gasteiger partial charge < -0.3 is 5.32 Å². The summed E-state index contributed by atoms with van der Waals surface area (Å²) < 4.78 is 3.66. The van der Waals surface area contributed by atoms with Crippen LogP contribution in [0.25, 0.3) is 22.4 Å². The Bertz CT molecular complexity index is 1540. The van der Waals surface area contributed by atoms with Crippen LogP contribution < -0.4 is 5.32 Å². The molecule has 0 saturated heterocycles. The molecule has 9 heteroatoms. The number of fused-ring (bicyclic) bond motifs is 3. The second-order valence-corrected chi connectivity index (χ2v) is 8.62. The lowest BCUT2D eigenvalue weighted by atomic mass is 10.0. The Hall–Kier alpha value is -4.16. The third-order valence-electron chi connectivity index (χ3n) is 5.29. The van der Waals surface area contributed by atoms with E-state index in [2.05, 4.69) is 53.6 Å². The van der Waals surface area contributed by atoms with Crippen LogP contribution in [0.15, 0.2) is 66.1 Å². The largest absolute Gasteiger partial charge is 0.325 e. The average molecular weight is 454 g/mol. The Balaban J connectivity index is 1.37. The lowest BCUT2D eigenvalue weighted by molar-refractivity contribution is -0.113. The van der Waals surface area contributed by atoms with Gasteiger partial charge in [0.15, 0.2) is 10.8 Å². The van der Waals surface area contributed by atoms with Crippen LogP contribution >= 0.6 is 11.8 Å². The number of thioether (sulfide) groups is 1. The van der Waals surface area contributed by atoms with Crippen LogP contribution in [-0.2, 0) is 4.79 Å². The summed E-state index contributed by atoms with van der Waals surface area (Å²) >= 11 is 1.30. The van der Waals surface area contributed by atoms with Crippen LogP contribution in [0.5, 0.6) is 0 Å². The summed E-state index contributed by atoms with van der Waals surface area (Å²) in [4.78, 5) is 12.4. The highest BCUT2D eigenvalue weighted by Gasteiger charge is 2.15. The molecule has 0 unspecified atom stereocenters. The highest BCUT2D eigenvalue weighted by atomic mass is 32.2. The highest BCUT2D eigenvalue weighted by molar-refractivity contribution is 7.99. The maximum atomic E-state index is 12.4. The van der Waals surface area contributed by atoms with Crippen molar-refractivity contribution >= 4 is 34.5 Å². The number of carbonyl (C=O) groups excluding carboxylic acids is 1. The summed E-state index contributed by atoms with van der Waals surface area (Å²) in [6, 6.07) is 17.1. The van der Waals surface area contributed by atoms with Crippen LogP contribution in [0.2, 0.25) is 0 Å². The number of anilines is 1. The Labute approximate surface area is 193 Å². The SMILES string of the molecule is Cc1ccc(C)c(-c2cc3c4nnc(SCC(=O)Nc5ccc(C#N)cc5)n4ccn3n2)c1. The number of benzene rings is 2. The molecule has 0 radical (unpaired) electrons. The summed E-state index contributed by atoms with van der Waals surface area (Å²) in [6.07, 6.45) is 3.71. The number of nitrogens with zero attached hydrogens (tertiary/aromatic N) is 6. The fourth-order valence-corrected chi connectivity index (χ4v) is 4.31. The van der Waals surface area contributed by atoms with Crippen LogP contribution in [0.1, 0.15) is 16.7 Å². The minimum absolute atomic E-state index is 0.163. The summed E-state index contributed by atoms with van der Waals surface area (Å²) in [7, 11) is 0. The number of aryl methyl sites for hydroxylation is 2. The van der Waals surface area contributed by atoms with Crippen molar-refractivity contribution in [3.05, 3.63) is 77.6 Å². The minimum atomic E-state index is -0.163. The van der Waals surface area contributed by atoms with E-state index in [1.165, 1.54) is 17.3 Å². The molecular formula is C24H19N7OS. The molecule has 8 nitrogen and oxygen atoms in total. The number of hydrogen-bond donors (Lipinski definition) is 1. The molecule has 1 N–H and O–H groups in total. The van der Waals surface area contributed by atoms with E-state index in [4.69, 9.17) is 10.4 Å². The van der Waals surface area contributed by atoms with E-state index < -0.39 is 0 Å². The lowest BCUT2D eigenvalue weighted by Crippen LogP contribution is -2.14. The molecule has 0 saturated carbocycles. The van der Waals surface area contributed by atoms with Gasteiger partial charge in [-0.05, 0) is 55.8 Å². The number of aromatic nitrogens is 5. The van der Waals surface area contributed by atoms with Crippen molar-refractivity contribution in [3.8, 4) is 17.3 Å². The van der Waals surface area contributed by atoms with E-state index in [1.807, 2.05) is 22.9 Å². The third kappa shape index (κ3) is 4.04. The molecule has 0 fully saturated rings. The number of rotatable bonds is 5. The third-order valence-corrected chi connectivity index (χ3v) is 6.23. The topological polar surface area (TPSA) is 100 Å². The zero-order valence-electron chi connectivity index (χ0n) is 18.0. The molecule has 5 rings (SSSR count). The molecule has 0 spiro atoms. The molecule has 3 heterocycles. The Morgan fingerprint density at radius 3 is 2.70 bits per heavy atom.